The lowest BCUT2D eigenvalue weighted by molar-refractivity contribution is -0.143. The van der Waals surface area contributed by atoms with E-state index in [2.05, 4.69) is 0 Å². The summed E-state index contributed by atoms with van der Waals surface area (Å²) in [4.78, 5) is 25.3. The zero-order chi connectivity index (χ0) is 17.0. The normalized spacial score (nSPS) is 18.7. The highest BCUT2D eigenvalue weighted by molar-refractivity contribution is 7.91. The molecule has 0 aromatic heterocycles. The second kappa shape index (κ2) is 7.12. The molecule has 0 aliphatic carbocycles. The Balaban J connectivity index is 2.32. The summed E-state index contributed by atoms with van der Waals surface area (Å²) >= 11 is 0. The largest absolute Gasteiger partial charge is 0.481 e. The van der Waals surface area contributed by atoms with Gasteiger partial charge in [0.1, 0.15) is 0 Å². The summed E-state index contributed by atoms with van der Waals surface area (Å²) in [5.74, 6) is -1.94. The fraction of sp³-hybridized carbons (Fsp3) is 0.500. The Morgan fingerprint density at radius 1 is 1.30 bits per heavy atom. The van der Waals surface area contributed by atoms with E-state index in [-0.39, 0.29) is 22.8 Å². The number of aliphatic carboxylic acids is 1. The van der Waals surface area contributed by atoms with E-state index >= 15 is 0 Å². The number of carboxylic acid groups (broad SMARTS) is 1. The molecule has 7 heteroatoms. The molecule has 1 atom stereocenters. The van der Waals surface area contributed by atoms with E-state index in [4.69, 9.17) is 5.11 Å². The van der Waals surface area contributed by atoms with Crippen LogP contribution in [0.5, 0.6) is 0 Å². The summed E-state index contributed by atoms with van der Waals surface area (Å²) in [6.07, 6.45) is 1.61. The summed E-state index contributed by atoms with van der Waals surface area (Å²) in [6.45, 7) is 2.34. The third-order valence-corrected chi connectivity index (χ3v) is 5.96. The van der Waals surface area contributed by atoms with Crippen molar-refractivity contribution in [3.63, 3.8) is 0 Å². The molecular formula is C16H21NO5S. The second-order valence-corrected chi connectivity index (χ2v) is 7.82. The van der Waals surface area contributed by atoms with Gasteiger partial charge in [-0.15, -0.1) is 0 Å². The molecule has 23 heavy (non-hydrogen) atoms. The van der Waals surface area contributed by atoms with Crippen molar-refractivity contribution in [2.75, 3.05) is 18.8 Å². The third kappa shape index (κ3) is 3.90. The number of rotatable bonds is 5. The molecule has 1 heterocycles. The number of carboxylic acids is 1. The van der Waals surface area contributed by atoms with E-state index in [1.54, 1.807) is 19.1 Å². The molecule has 6 nitrogen and oxygen atoms in total. The number of amides is 1. The summed E-state index contributed by atoms with van der Waals surface area (Å²) in [6, 6.07) is 6.15. The first-order valence-corrected chi connectivity index (χ1v) is 9.36. The Morgan fingerprint density at radius 3 is 2.65 bits per heavy atom. The minimum Gasteiger partial charge on any atom is -0.481 e. The van der Waals surface area contributed by atoms with Gasteiger partial charge in [-0.1, -0.05) is 19.1 Å². The molecule has 1 aromatic rings. The van der Waals surface area contributed by atoms with Crippen molar-refractivity contribution in [1.29, 1.82) is 0 Å². The molecule has 1 fully saturated rings. The topological polar surface area (TPSA) is 91.8 Å². The molecule has 1 aromatic carbocycles. The lowest BCUT2D eigenvalue weighted by atomic mass is 9.97. The van der Waals surface area contributed by atoms with E-state index in [0.717, 1.165) is 0 Å². The van der Waals surface area contributed by atoms with Crippen LogP contribution in [0.1, 0.15) is 36.5 Å². The summed E-state index contributed by atoms with van der Waals surface area (Å²) < 4.78 is 24.7. The number of carbonyl (C=O) groups excluding carboxylic acids is 1. The average Bonchev–Trinajstić information content (AvgIpc) is 2.54. The van der Waals surface area contributed by atoms with Crippen LogP contribution in [0, 0.1) is 5.92 Å². The van der Waals surface area contributed by atoms with Crippen molar-refractivity contribution in [1.82, 2.24) is 4.90 Å². The van der Waals surface area contributed by atoms with Crippen molar-refractivity contribution < 1.29 is 23.1 Å². The Labute approximate surface area is 136 Å². The molecule has 1 N–H and O–H groups in total. The van der Waals surface area contributed by atoms with Gasteiger partial charge in [-0.3, -0.25) is 9.59 Å². The predicted molar refractivity (Wildman–Crippen MR) is 85.0 cm³/mol. The van der Waals surface area contributed by atoms with Gasteiger partial charge < -0.3 is 10.0 Å². The minimum atomic E-state index is -3.52. The number of carbonyl (C=O) groups is 2. The molecule has 0 bridgehead atoms. The maximum Gasteiger partial charge on any atom is 0.308 e. The zero-order valence-corrected chi connectivity index (χ0v) is 13.9. The number of benzene rings is 1. The van der Waals surface area contributed by atoms with Crippen molar-refractivity contribution in [2.24, 2.45) is 5.92 Å². The van der Waals surface area contributed by atoms with Gasteiger partial charge in [-0.2, -0.15) is 0 Å². The number of likely N-dealkylation sites (tertiary alicyclic amines) is 1. The molecule has 126 valence electrons. The molecule has 1 aliphatic heterocycles. The molecule has 1 amide bonds. The maximum absolute atomic E-state index is 12.7. The zero-order valence-electron chi connectivity index (χ0n) is 13.1. The Morgan fingerprint density at radius 2 is 2.00 bits per heavy atom. The first-order valence-electron chi connectivity index (χ1n) is 7.70. The monoisotopic (exact) mass is 339 g/mol. The van der Waals surface area contributed by atoms with Gasteiger partial charge in [-0.25, -0.2) is 8.42 Å². The molecule has 2 rings (SSSR count). The third-order valence-electron chi connectivity index (χ3n) is 3.98. The average molecular weight is 339 g/mol. The predicted octanol–water partition coefficient (Wildman–Crippen LogP) is 1.81. The van der Waals surface area contributed by atoms with Gasteiger partial charge in [0, 0.05) is 13.1 Å². The number of piperidine rings is 1. The fourth-order valence-corrected chi connectivity index (χ4v) is 4.36. The van der Waals surface area contributed by atoms with E-state index < -0.39 is 27.6 Å². The van der Waals surface area contributed by atoms with Crippen LogP contribution in [-0.4, -0.2) is 49.1 Å². The van der Waals surface area contributed by atoms with Crippen LogP contribution in [0.25, 0.3) is 0 Å². The highest BCUT2D eigenvalue weighted by atomic mass is 32.2. The summed E-state index contributed by atoms with van der Waals surface area (Å²) in [5.41, 5.74) is 0.131. The Hall–Kier alpha value is -1.89. The van der Waals surface area contributed by atoms with E-state index in [1.807, 2.05) is 0 Å². The number of hydrogen-bond acceptors (Lipinski definition) is 4. The Kier molecular flexibility index (Phi) is 5.41. The van der Waals surface area contributed by atoms with Crippen LogP contribution in [0.3, 0.4) is 0 Å². The van der Waals surface area contributed by atoms with Gasteiger partial charge in [0.25, 0.3) is 5.91 Å². The summed E-state index contributed by atoms with van der Waals surface area (Å²) in [5, 5.41) is 9.13. The van der Waals surface area contributed by atoms with Crippen molar-refractivity contribution >= 4 is 21.7 Å². The van der Waals surface area contributed by atoms with E-state index in [0.29, 0.717) is 25.8 Å². The quantitative estimate of drug-likeness (QED) is 0.883. The molecule has 0 saturated carbocycles. The first-order chi connectivity index (χ1) is 10.9. The van der Waals surface area contributed by atoms with Crippen LogP contribution in [0.15, 0.2) is 29.2 Å². The van der Waals surface area contributed by atoms with Gasteiger partial charge in [0.05, 0.1) is 22.1 Å². The molecule has 0 radical (unpaired) electrons. The number of nitrogens with zero attached hydrogens (tertiary/aromatic N) is 1. The lowest BCUT2D eigenvalue weighted by Crippen LogP contribution is -2.42. The van der Waals surface area contributed by atoms with Crippen LogP contribution in [-0.2, 0) is 14.6 Å². The standard InChI is InChI=1S/C16H21NO5S/c1-2-10-23(21,22)14-8-4-3-7-13(14)15(18)17-9-5-6-12(11-17)16(19)20/h3-4,7-8,12H,2,5-6,9-11H2,1H3,(H,19,20)/t12-/m0/s1. The van der Waals surface area contributed by atoms with Crippen LogP contribution >= 0.6 is 0 Å². The summed E-state index contributed by atoms with van der Waals surface area (Å²) in [7, 11) is -3.52. The van der Waals surface area contributed by atoms with Gasteiger partial charge in [-0.05, 0) is 31.4 Å². The van der Waals surface area contributed by atoms with Gasteiger partial charge in [0.2, 0.25) is 0 Å². The fourth-order valence-electron chi connectivity index (χ4n) is 2.83. The highest BCUT2D eigenvalue weighted by Gasteiger charge is 2.31. The van der Waals surface area contributed by atoms with Gasteiger partial charge in [0.15, 0.2) is 9.84 Å². The minimum absolute atomic E-state index is 0.0188. The van der Waals surface area contributed by atoms with Crippen molar-refractivity contribution in [3.8, 4) is 0 Å². The Bertz CT molecular complexity index is 698. The molecule has 0 unspecified atom stereocenters. The van der Waals surface area contributed by atoms with Crippen molar-refractivity contribution in [3.05, 3.63) is 29.8 Å². The molecule has 1 saturated heterocycles. The SMILES string of the molecule is CCCS(=O)(=O)c1ccccc1C(=O)N1CCC[C@H](C(=O)O)C1. The van der Waals surface area contributed by atoms with Gasteiger partial charge >= 0.3 is 5.97 Å². The smallest absolute Gasteiger partial charge is 0.308 e. The highest BCUT2D eigenvalue weighted by Crippen LogP contribution is 2.23. The molecular weight excluding hydrogens is 318 g/mol. The van der Waals surface area contributed by atoms with E-state index in [9.17, 15) is 18.0 Å². The lowest BCUT2D eigenvalue weighted by Gasteiger charge is -2.31. The number of sulfone groups is 1. The number of hydrogen-bond donors (Lipinski definition) is 1. The maximum atomic E-state index is 12.7. The van der Waals surface area contributed by atoms with Crippen LogP contribution in [0.2, 0.25) is 0 Å². The van der Waals surface area contributed by atoms with Crippen LogP contribution in [0.4, 0.5) is 0 Å². The van der Waals surface area contributed by atoms with E-state index in [1.165, 1.54) is 17.0 Å². The second-order valence-electron chi connectivity index (χ2n) is 5.74. The van der Waals surface area contributed by atoms with Crippen molar-refractivity contribution in [2.45, 2.75) is 31.1 Å². The first kappa shape index (κ1) is 17.5. The molecule has 1 aliphatic rings. The van der Waals surface area contributed by atoms with Crippen LogP contribution < -0.4 is 0 Å². The molecule has 0 spiro atoms.